The Bertz CT molecular complexity index is 1580. The van der Waals surface area contributed by atoms with E-state index in [1.165, 1.54) is 12.1 Å². The number of fused-ring (bicyclic) bond motifs is 1. The average molecular weight is 532 g/mol. The summed E-state index contributed by atoms with van der Waals surface area (Å²) < 4.78 is 29.7. The Morgan fingerprint density at radius 3 is 2.16 bits per heavy atom. The van der Waals surface area contributed by atoms with Crippen LogP contribution in [0.5, 0.6) is 5.75 Å². The average Bonchev–Trinajstić information content (AvgIpc) is 2.90. The first-order chi connectivity index (χ1) is 18.0. The quantitative estimate of drug-likeness (QED) is 0.315. The molecule has 0 radical (unpaired) electrons. The Morgan fingerprint density at radius 1 is 0.895 bits per heavy atom. The zero-order valence-electron chi connectivity index (χ0n) is 21.3. The predicted molar refractivity (Wildman–Crippen MR) is 146 cm³/mol. The van der Waals surface area contributed by atoms with E-state index in [1.807, 2.05) is 54.6 Å². The van der Waals surface area contributed by atoms with Gasteiger partial charge in [-0.15, -0.1) is 0 Å². The third kappa shape index (κ3) is 5.70. The highest BCUT2D eigenvalue weighted by Crippen LogP contribution is 2.32. The van der Waals surface area contributed by atoms with E-state index in [-0.39, 0.29) is 17.1 Å². The number of carboxylic acids is 1. The van der Waals surface area contributed by atoms with Crippen molar-refractivity contribution in [2.45, 2.75) is 36.8 Å². The van der Waals surface area contributed by atoms with Gasteiger partial charge in [0.25, 0.3) is 5.91 Å². The first-order valence-corrected chi connectivity index (χ1v) is 13.9. The van der Waals surface area contributed by atoms with Crippen LogP contribution in [0.25, 0.3) is 10.8 Å². The van der Waals surface area contributed by atoms with Crippen LogP contribution in [0.15, 0.2) is 95.9 Å². The monoisotopic (exact) mass is 531 g/mol. The molecule has 4 aromatic rings. The van der Waals surface area contributed by atoms with Gasteiger partial charge in [-0.2, -0.15) is 0 Å². The fourth-order valence-corrected chi connectivity index (χ4v) is 4.99. The fraction of sp³-hybridized carbons (Fsp3) is 0.200. The first kappa shape index (κ1) is 26.9. The third-order valence-electron chi connectivity index (χ3n) is 6.62. The lowest BCUT2D eigenvalue weighted by Gasteiger charge is -2.32. The normalized spacial score (nSPS) is 12.6. The van der Waals surface area contributed by atoms with Gasteiger partial charge in [-0.05, 0) is 34.7 Å². The molecule has 7 nitrogen and oxygen atoms in total. The maximum absolute atomic E-state index is 13.5. The number of benzene rings is 4. The highest BCUT2D eigenvalue weighted by molar-refractivity contribution is 7.90. The summed E-state index contributed by atoms with van der Waals surface area (Å²) in [7, 11) is -3.33. The van der Waals surface area contributed by atoms with Gasteiger partial charge in [0, 0.05) is 17.1 Å². The van der Waals surface area contributed by atoms with Gasteiger partial charge in [-0.3, -0.25) is 4.79 Å². The minimum Gasteiger partial charge on any atom is -0.487 e. The summed E-state index contributed by atoms with van der Waals surface area (Å²) in [6.45, 7) is 3.63. The van der Waals surface area contributed by atoms with Gasteiger partial charge in [-0.1, -0.05) is 86.6 Å². The van der Waals surface area contributed by atoms with Crippen LogP contribution >= 0.6 is 0 Å². The molecule has 0 spiro atoms. The number of nitrogens with one attached hydrogen (secondary N) is 1. The van der Waals surface area contributed by atoms with Crippen LogP contribution in [-0.4, -0.2) is 37.7 Å². The molecule has 4 rings (SSSR count). The van der Waals surface area contributed by atoms with Gasteiger partial charge >= 0.3 is 5.97 Å². The molecule has 196 valence electrons. The largest absolute Gasteiger partial charge is 0.487 e. The number of hydrogen-bond donors (Lipinski definition) is 2. The highest BCUT2D eigenvalue weighted by Gasteiger charge is 2.38. The van der Waals surface area contributed by atoms with Crippen LogP contribution in [0.3, 0.4) is 0 Å². The number of hydrogen-bond acceptors (Lipinski definition) is 5. The fourth-order valence-electron chi connectivity index (χ4n) is 4.36. The van der Waals surface area contributed by atoms with Gasteiger partial charge < -0.3 is 15.2 Å². The number of aliphatic carboxylic acids is 1. The van der Waals surface area contributed by atoms with Crippen molar-refractivity contribution in [3.8, 4) is 5.75 Å². The SMILES string of the molecule is CC(C)(c1ccccc1)C(NC(=O)c1ccc2ccccc2c1OCc1ccc(S(C)(=O)=O)cc1)C(=O)O. The first-order valence-electron chi connectivity index (χ1n) is 12.0. The highest BCUT2D eigenvalue weighted by atomic mass is 32.2. The summed E-state index contributed by atoms with van der Waals surface area (Å²) in [5.41, 5.74) is 0.791. The minimum atomic E-state index is -3.33. The summed E-state index contributed by atoms with van der Waals surface area (Å²) in [6.07, 6.45) is 1.14. The van der Waals surface area contributed by atoms with E-state index in [2.05, 4.69) is 5.32 Å². The van der Waals surface area contributed by atoms with Crippen molar-refractivity contribution in [3.63, 3.8) is 0 Å². The maximum Gasteiger partial charge on any atom is 0.327 e. The van der Waals surface area contributed by atoms with Gasteiger partial charge in [0.2, 0.25) is 0 Å². The molecule has 1 unspecified atom stereocenters. The molecule has 0 bridgehead atoms. The van der Waals surface area contributed by atoms with E-state index in [0.717, 1.165) is 17.2 Å². The van der Waals surface area contributed by atoms with Crippen LogP contribution in [0.2, 0.25) is 0 Å². The second kappa shape index (κ2) is 10.7. The van der Waals surface area contributed by atoms with Crippen LogP contribution in [0.4, 0.5) is 0 Å². The number of ether oxygens (including phenoxy) is 1. The molecule has 0 saturated heterocycles. The molecule has 0 aliphatic rings. The summed E-state index contributed by atoms with van der Waals surface area (Å²) in [5, 5.41) is 14.3. The van der Waals surface area contributed by atoms with Crippen molar-refractivity contribution in [1.82, 2.24) is 5.32 Å². The Kier molecular flexibility index (Phi) is 7.55. The number of amides is 1. The Morgan fingerprint density at radius 2 is 1.53 bits per heavy atom. The molecule has 0 fully saturated rings. The number of rotatable bonds is 9. The third-order valence-corrected chi connectivity index (χ3v) is 7.75. The molecule has 38 heavy (non-hydrogen) atoms. The van der Waals surface area contributed by atoms with E-state index < -0.39 is 33.2 Å². The smallest absolute Gasteiger partial charge is 0.327 e. The molecule has 4 aromatic carbocycles. The number of sulfone groups is 1. The van der Waals surface area contributed by atoms with Crippen molar-refractivity contribution in [2.24, 2.45) is 0 Å². The Labute approximate surface area is 222 Å². The zero-order chi connectivity index (χ0) is 27.5. The summed E-state index contributed by atoms with van der Waals surface area (Å²) in [5.74, 6) is -1.41. The molecular formula is C30H29NO6S. The van der Waals surface area contributed by atoms with Crippen LogP contribution in [0.1, 0.15) is 35.3 Å². The molecular weight excluding hydrogens is 502 g/mol. The molecule has 8 heteroatoms. The van der Waals surface area contributed by atoms with Crippen LogP contribution in [-0.2, 0) is 26.7 Å². The van der Waals surface area contributed by atoms with Crippen molar-refractivity contribution < 1.29 is 27.9 Å². The van der Waals surface area contributed by atoms with Crippen molar-refractivity contribution in [1.29, 1.82) is 0 Å². The summed E-state index contributed by atoms with van der Waals surface area (Å²) in [4.78, 5) is 26.1. The lowest BCUT2D eigenvalue weighted by atomic mass is 9.77. The van der Waals surface area contributed by atoms with E-state index in [0.29, 0.717) is 16.7 Å². The van der Waals surface area contributed by atoms with E-state index in [1.54, 1.807) is 38.1 Å². The van der Waals surface area contributed by atoms with Gasteiger partial charge in [0.15, 0.2) is 9.84 Å². The van der Waals surface area contributed by atoms with Crippen LogP contribution in [0, 0.1) is 0 Å². The van der Waals surface area contributed by atoms with Gasteiger partial charge in [0.1, 0.15) is 18.4 Å². The van der Waals surface area contributed by atoms with E-state index in [9.17, 15) is 23.1 Å². The lowest BCUT2D eigenvalue weighted by molar-refractivity contribution is -0.140. The number of carbonyl (C=O) groups excluding carboxylic acids is 1. The van der Waals surface area contributed by atoms with Crippen molar-refractivity contribution in [2.75, 3.05) is 6.26 Å². The second-order valence-corrected chi connectivity index (χ2v) is 11.7. The lowest BCUT2D eigenvalue weighted by Crippen LogP contribution is -2.52. The molecule has 0 aliphatic heterocycles. The number of carboxylic acid groups (broad SMARTS) is 1. The van der Waals surface area contributed by atoms with Crippen LogP contribution < -0.4 is 10.1 Å². The van der Waals surface area contributed by atoms with E-state index in [4.69, 9.17) is 4.74 Å². The summed E-state index contributed by atoms with van der Waals surface area (Å²) in [6, 6.07) is 25.1. The van der Waals surface area contributed by atoms with Crippen molar-refractivity contribution >= 4 is 32.5 Å². The zero-order valence-corrected chi connectivity index (χ0v) is 22.2. The molecule has 0 saturated carbocycles. The second-order valence-electron chi connectivity index (χ2n) is 9.70. The van der Waals surface area contributed by atoms with Gasteiger partial charge in [-0.25, -0.2) is 13.2 Å². The van der Waals surface area contributed by atoms with Gasteiger partial charge in [0.05, 0.1) is 10.5 Å². The Hall–Kier alpha value is -4.17. The Balaban J connectivity index is 1.67. The molecule has 2 N–H and O–H groups in total. The molecule has 0 heterocycles. The summed E-state index contributed by atoms with van der Waals surface area (Å²) >= 11 is 0. The molecule has 1 atom stereocenters. The minimum absolute atomic E-state index is 0.0796. The molecule has 1 amide bonds. The molecule has 0 aromatic heterocycles. The predicted octanol–water partition coefficient (Wildman–Crippen LogP) is 4.98. The standard InChI is InChI=1S/C30H29NO6S/c1-30(2,22-10-5-4-6-11-22)27(29(33)34)31-28(32)25-18-15-21-9-7-8-12-24(21)26(25)37-19-20-13-16-23(17-14-20)38(3,35)36/h4-18,27H,19H2,1-3H3,(H,31,32)(H,33,34). The maximum atomic E-state index is 13.5. The topological polar surface area (TPSA) is 110 Å². The van der Waals surface area contributed by atoms with Crippen molar-refractivity contribution in [3.05, 3.63) is 108 Å². The van der Waals surface area contributed by atoms with E-state index >= 15 is 0 Å². The molecule has 0 aliphatic carbocycles. The number of carbonyl (C=O) groups is 2.